The van der Waals surface area contributed by atoms with Crippen molar-refractivity contribution >= 4 is 5.78 Å². The molecule has 0 aromatic carbocycles. The summed E-state index contributed by atoms with van der Waals surface area (Å²) < 4.78 is 0. The molecule has 1 radical (unpaired) electrons. The Labute approximate surface area is 63.8 Å². The highest BCUT2D eigenvalue weighted by atomic mass is 16.1. The Morgan fingerprint density at radius 1 is 1.30 bits per heavy atom. The maximum atomic E-state index is 10.9. The second-order valence-electron chi connectivity index (χ2n) is 2.54. The predicted octanol–water partition coefficient (Wildman–Crippen LogP) is 2.75. The molecule has 0 N–H and O–H groups in total. The van der Waals surface area contributed by atoms with E-state index in [2.05, 4.69) is 6.92 Å². The van der Waals surface area contributed by atoms with E-state index in [9.17, 15) is 4.79 Å². The zero-order valence-corrected chi connectivity index (χ0v) is 7.02. The minimum atomic E-state index is 0.316. The monoisotopic (exact) mass is 141 g/mol. The van der Waals surface area contributed by atoms with Crippen molar-refractivity contribution in [3.8, 4) is 0 Å². The average Bonchev–Trinajstić information content (AvgIpc) is 1.89. The highest BCUT2D eigenvalue weighted by molar-refractivity contribution is 5.86. The molecule has 0 saturated heterocycles. The van der Waals surface area contributed by atoms with Gasteiger partial charge in [-0.1, -0.05) is 26.7 Å². The van der Waals surface area contributed by atoms with Gasteiger partial charge in [0.1, 0.15) is 5.78 Å². The van der Waals surface area contributed by atoms with E-state index in [-0.39, 0.29) is 0 Å². The first kappa shape index (κ1) is 9.67. The van der Waals surface area contributed by atoms with Crippen molar-refractivity contribution in [3.63, 3.8) is 0 Å². The van der Waals surface area contributed by atoms with E-state index in [1.165, 1.54) is 12.8 Å². The second kappa shape index (κ2) is 6.79. The molecule has 0 aliphatic rings. The van der Waals surface area contributed by atoms with Gasteiger partial charge in [0.25, 0.3) is 0 Å². The van der Waals surface area contributed by atoms with Crippen molar-refractivity contribution in [2.24, 2.45) is 0 Å². The summed E-state index contributed by atoms with van der Waals surface area (Å²) in [6.07, 6.45) is 6.84. The van der Waals surface area contributed by atoms with Crippen LogP contribution in [-0.2, 0) is 4.79 Å². The van der Waals surface area contributed by atoms with Crippen LogP contribution in [0.3, 0.4) is 0 Å². The van der Waals surface area contributed by atoms with Gasteiger partial charge in [0, 0.05) is 12.8 Å². The van der Waals surface area contributed by atoms with Crippen molar-refractivity contribution in [1.82, 2.24) is 0 Å². The van der Waals surface area contributed by atoms with Crippen LogP contribution < -0.4 is 0 Å². The van der Waals surface area contributed by atoms with Gasteiger partial charge in [-0.2, -0.15) is 0 Å². The lowest BCUT2D eigenvalue weighted by atomic mass is 10.1. The van der Waals surface area contributed by atoms with Crippen molar-refractivity contribution < 1.29 is 4.79 Å². The molecule has 0 bridgehead atoms. The van der Waals surface area contributed by atoms with E-state index >= 15 is 0 Å². The molecule has 1 nitrogen and oxygen atoms in total. The minimum absolute atomic E-state index is 0.316. The van der Waals surface area contributed by atoms with E-state index in [1.54, 1.807) is 6.42 Å². The fourth-order valence-electron chi connectivity index (χ4n) is 0.879. The Morgan fingerprint density at radius 3 is 2.50 bits per heavy atom. The summed E-state index contributed by atoms with van der Waals surface area (Å²) in [6.45, 7) is 4.14. The molecule has 59 valence electrons. The summed E-state index contributed by atoms with van der Waals surface area (Å²) in [5.74, 6) is 0.316. The first-order valence-electron chi connectivity index (χ1n) is 4.17. The number of carbonyl (C=O) groups is 1. The quantitative estimate of drug-likeness (QED) is 0.520. The number of ketones is 1. The van der Waals surface area contributed by atoms with Crippen LogP contribution >= 0.6 is 0 Å². The van der Waals surface area contributed by atoms with Gasteiger partial charge in [-0.25, -0.2) is 0 Å². The summed E-state index contributed by atoms with van der Waals surface area (Å²) in [5, 5.41) is 0. The normalized spacial score (nSPS) is 9.80. The molecule has 0 aliphatic heterocycles. The number of unbranched alkanes of at least 4 members (excludes halogenated alkanes) is 2. The average molecular weight is 141 g/mol. The van der Waals surface area contributed by atoms with Crippen LogP contribution in [0.5, 0.6) is 0 Å². The van der Waals surface area contributed by atoms with Crippen molar-refractivity contribution in [1.29, 1.82) is 0 Å². The fourth-order valence-corrected chi connectivity index (χ4v) is 0.879. The van der Waals surface area contributed by atoms with Gasteiger partial charge < -0.3 is 0 Å². The van der Waals surface area contributed by atoms with Crippen molar-refractivity contribution in [2.45, 2.75) is 46.0 Å². The van der Waals surface area contributed by atoms with Gasteiger partial charge in [0.05, 0.1) is 0 Å². The first-order chi connectivity index (χ1) is 4.81. The zero-order chi connectivity index (χ0) is 7.82. The van der Waals surface area contributed by atoms with Gasteiger partial charge >= 0.3 is 0 Å². The van der Waals surface area contributed by atoms with Crippen molar-refractivity contribution in [2.75, 3.05) is 0 Å². The molecule has 0 aromatic rings. The van der Waals surface area contributed by atoms with Crippen LogP contribution in [0.1, 0.15) is 46.0 Å². The van der Waals surface area contributed by atoms with Crippen LogP contribution in [-0.4, -0.2) is 5.78 Å². The van der Waals surface area contributed by atoms with Gasteiger partial charge in [0.2, 0.25) is 0 Å². The Balaban J connectivity index is 3.05. The van der Waals surface area contributed by atoms with Crippen molar-refractivity contribution in [3.05, 3.63) is 6.42 Å². The minimum Gasteiger partial charge on any atom is -0.299 e. The van der Waals surface area contributed by atoms with E-state index in [4.69, 9.17) is 0 Å². The van der Waals surface area contributed by atoms with Gasteiger partial charge in [-0.15, -0.1) is 0 Å². The van der Waals surface area contributed by atoms with Gasteiger partial charge in [-0.05, 0) is 12.8 Å². The summed E-state index contributed by atoms with van der Waals surface area (Å²) in [4.78, 5) is 10.9. The van der Waals surface area contributed by atoms with E-state index in [0.29, 0.717) is 5.78 Å². The van der Waals surface area contributed by atoms with E-state index < -0.39 is 0 Å². The van der Waals surface area contributed by atoms with Gasteiger partial charge in [-0.3, -0.25) is 4.79 Å². The Hall–Kier alpha value is -0.330. The first-order valence-corrected chi connectivity index (χ1v) is 4.17. The highest BCUT2D eigenvalue weighted by Crippen LogP contribution is 2.01. The summed E-state index contributed by atoms with van der Waals surface area (Å²) in [6, 6.07) is 0. The molecule has 0 amide bonds. The molecule has 1 heteroatoms. The Bertz CT molecular complexity index is 86.7. The third kappa shape index (κ3) is 5.80. The zero-order valence-electron chi connectivity index (χ0n) is 7.02. The summed E-state index contributed by atoms with van der Waals surface area (Å²) >= 11 is 0. The Morgan fingerprint density at radius 2 is 2.00 bits per heavy atom. The second-order valence-corrected chi connectivity index (χ2v) is 2.54. The molecule has 0 atom stereocenters. The molecule has 0 unspecified atom stereocenters. The number of carbonyl (C=O) groups excluding carboxylic acids is 1. The van der Waals surface area contributed by atoms with Gasteiger partial charge in [0.15, 0.2) is 0 Å². The van der Waals surface area contributed by atoms with E-state index in [0.717, 1.165) is 19.3 Å². The third-order valence-electron chi connectivity index (χ3n) is 1.46. The molecule has 0 heterocycles. The Kier molecular flexibility index (Phi) is 6.56. The molecule has 0 aromatic heterocycles. The standard InChI is InChI=1S/C9H17O/c1-3-5-6-8-9(10)7-4-2/h7H,3-6,8H2,1-2H3. The fraction of sp³-hybridized carbons (Fsp3) is 0.778. The molecule has 0 spiro atoms. The highest BCUT2D eigenvalue weighted by Gasteiger charge is 1.98. The lowest BCUT2D eigenvalue weighted by molar-refractivity contribution is -0.116. The maximum Gasteiger partial charge on any atom is 0.136 e. The van der Waals surface area contributed by atoms with Crippen LogP contribution in [0.2, 0.25) is 0 Å². The van der Waals surface area contributed by atoms with Crippen LogP contribution in [0.4, 0.5) is 0 Å². The molecular formula is C9H17O. The summed E-state index contributed by atoms with van der Waals surface area (Å²) in [5.41, 5.74) is 0. The van der Waals surface area contributed by atoms with Crippen LogP contribution in [0.15, 0.2) is 0 Å². The topological polar surface area (TPSA) is 17.1 Å². The summed E-state index contributed by atoms with van der Waals surface area (Å²) in [7, 11) is 0. The molecule has 0 fully saturated rings. The lowest BCUT2D eigenvalue weighted by Gasteiger charge is -1.95. The third-order valence-corrected chi connectivity index (χ3v) is 1.46. The molecule has 0 rings (SSSR count). The predicted molar refractivity (Wildman–Crippen MR) is 43.7 cm³/mol. The molecule has 0 saturated carbocycles. The lowest BCUT2D eigenvalue weighted by Crippen LogP contribution is -1.96. The number of hydrogen-bond acceptors (Lipinski definition) is 1. The van der Waals surface area contributed by atoms with Crippen LogP contribution in [0, 0.1) is 6.42 Å². The molecule has 0 aliphatic carbocycles. The number of Topliss-reactive ketones (excluding diaryl/α,β-unsaturated/α-hetero) is 1. The van der Waals surface area contributed by atoms with Crippen LogP contribution in [0.25, 0.3) is 0 Å². The smallest absolute Gasteiger partial charge is 0.136 e. The number of rotatable bonds is 6. The SMILES string of the molecule is CC[CH]C(=O)CCCCC. The maximum absolute atomic E-state index is 10.9. The molecule has 10 heavy (non-hydrogen) atoms. The largest absolute Gasteiger partial charge is 0.299 e. The number of hydrogen-bond donors (Lipinski definition) is 0. The van der Waals surface area contributed by atoms with E-state index in [1.807, 2.05) is 6.92 Å². The molecular weight excluding hydrogens is 124 g/mol.